The van der Waals surface area contributed by atoms with E-state index in [2.05, 4.69) is 22.1 Å². The van der Waals surface area contributed by atoms with Gasteiger partial charge in [0, 0.05) is 37.6 Å². The van der Waals surface area contributed by atoms with E-state index in [0.717, 1.165) is 58.6 Å². The SMILES string of the molecule is O=C([C@@H]1CNCCN1)N1CCC2(CC1)OCCc1ccsc12. The van der Waals surface area contributed by atoms with Gasteiger partial charge in [0.15, 0.2) is 0 Å². The number of thiophene rings is 1. The molecule has 1 spiro atoms. The van der Waals surface area contributed by atoms with Crippen molar-refractivity contribution in [2.45, 2.75) is 30.9 Å². The predicted octanol–water partition coefficient (Wildman–Crippen LogP) is 0.700. The van der Waals surface area contributed by atoms with Gasteiger partial charge in [-0.05, 0) is 36.3 Å². The Morgan fingerprint density at radius 3 is 3.00 bits per heavy atom. The number of ether oxygens (including phenoxy) is 1. The summed E-state index contributed by atoms with van der Waals surface area (Å²) in [5, 5.41) is 8.78. The normalized spacial score (nSPS) is 27.6. The van der Waals surface area contributed by atoms with Crippen molar-refractivity contribution in [2.24, 2.45) is 0 Å². The summed E-state index contributed by atoms with van der Waals surface area (Å²) in [4.78, 5) is 16.0. The number of piperazine rings is 1. The van der Waals surface area contributed by atoms with Gasteiger partial charge >= 0.3 is 0 Å². The Hall–Kier alpha value is -0.950. The van der Waals surface area contributed by atoms with Crippen molar-refractivity contribution in [1.82, 2.24) is 15.5 Å². The zero-order valence-electron chi connectivity index (χ0n) is 12.8. The lowest BCUT2D eigenvalue weighted by atomic mass is 9.85. The van der Waals surface area contributed by atoms with Gasteiger partial charge in [-0.3, -0.25) is 4.79 Å². The summed E-state index contributed by atoms with van der Waals surface area (Å²) in [6.07, 6.45) is 2.87. The molecule has 4 heterocycles. The predicted molar refractivity (Wildman–Crippen MR) is 86.1 cm³/mol. The summed E-state index contributed by atoms with van der Waals surface area (Å²) in [7, 11) is 0. The smallest absolute Gasteiger partial charge is 0.241 e. The van der Waals surface area contributed by atoms with Crippen molar-refractivity contribution in [2.75, 3.05) is 39.3 Å². The monoisotopic (exact) mass is 321 g/mol. The number of nitrogens with zero attached hydrogens (tertiary/aromatic N) is 1. The number of carbonyl (C=O) groups excluding carboxylic acids is 1. The fourth-order valence-corrected chi connectivity index (χ4v) is 5.03. The van der Waals surface area contributed by atoms with Gasteiger partial charge < -0.3 is 20.3 Å². The van der Waals surface area contributed by atoms with E-state index in [9.17, 15) is 4.79 Å². The summed E-state index contributed by atoms with van der Waals surface area (Å²) < 4.78 is 6.21. The molecule has 1 aromatic rings. The minimum atomic E-state index is -0.128. The number of piperidine rings is 1. The van der Waals surface area contributed by atoms with E-state index < -0.39 is 0 Å². The van der Waals surface area contributed by atoms with Gasteiger partial charge in [-0.1, -0.05) is 0 Å². The average Bonchev–Trinajstić information content (AvgIpc) is 3.06. The van der Waals surface area contributed by atoms with E-state index in [1.54, 1.807) is 0 Å². The molecule has 1 aromatic heterocycles. The van der Waals surface area contributed by atoms with Crippen LogP contribution in [0.4, 0.5) is 0 Å². The van der Waals surface area contributed by atoms with Crippen LogP contribution in [0.15, 0.2) is 11.4 Å². The highest BCUT2D eigenvalue weighted by Gasteiger charge is 2.43. The van der Waals surface area contributed by atoms with Crippen LogP contribution in [0.2, 0.25) is 0 Å². The topological polar surface area (TPSA) is 53.6 Å². The molecule has 2 saturated heterocycles. The van der Waals surface area contributed by atoms with Crippen LogP contribution in [0.5, 0.6) is 0 Å². The molecular formula is C16H23N3O2S. The lowest BCUT2D eigenvalue weighted by Crippen LogP contribution is -2.58. The molecule has 1 atom stereocenters. The zero-order chi connectivity index (χ0) is 15.0. The Kier molecular flexibility index (Phi) is 3.94. The van der Waals surface area contributed by atoms with Crippen molar-refractivity contribution >= 4 is 17.2 Å². The van der Waals surface area contributed by atoms with E-state index in [1.165, 1.54) is 10.4 Å². The molecule has 6 heteroatoms. The van der Waals surface area contributed by atoms with Crippen LogP contribution in [0.25, 0.3) is 0 Å². The molecule has 0 aliphatic carbocycles. The molecule has 2 fully saturated rings. The van der Waals surface area contributed by atoms with Crippen LogP contribution < -0.4 is 10.6 Å². The van der Waals surface area contributed by atoms with Gasteiger partial charge in [-0.2, -0.15) is 0 Å². The van der Waals surface area contributed by atoms with E-state index in [0.29, 0.717) is 0 Å². The molecule has 3 aliphatic rings. The first kappa shape index (κ1) is 14.6. The maximum atomic E-state index is 12.6. The van der Waals surface area contributed by atoms with Crippen LogP contribution in [-0.2, 0) is 21.6 Å². The summed E-state index contributed by atoms with van der Waals surface area (Å²) in [5.74, 6) is 0.240. The molecule has 0 unspecified atom stereocenters. The third kappa shape index (κ3) is 2.48. The fourth-order valence-electron chi connectivity index (χ4n) is 3.86. The second kappa shape index (κ2) is 5.92. The third-order valence-corrected chi connectivity index (χ3v) is 6.27. The first-order valence-electron chi connectivity index (χ1n) is 8.22. The van der Waals surface area contributed by atoms with Gasteiger partial charge in [-0.25, -0.2) is 0 Å². The zero-order valence-corrected chi connectivity index (χ0v) is 13.6. The molecule has 0 radical (unpaired) electrons. The number of nitrogens with one attached hydrogen (secondary N) is 2. The van der Waals surface area contributed by atoms with Crippen molar-refractivity contribution in [3.05, 3.63) is 21.9 Å². The minimum absolute atomic E-state index is 0.0626. The number of hydrogen-bond donors (Lipinski definition) is 2. The molecular weight excluding hydrogens is 298 g/mol. The summed E-state index contributed by atoms with van der Waals surface area (Å²) in [6, 6.07) is 2.17. The standard InChI is InChI=1S/C16H23N3O2S/c20-15(13-11-17-5-6-18-13)19-7-3-16(4-8-19)14-12(1-9-21-16)2-10-22-14/h2,10,13,17-18H,1,3-9,11H2/t13-/m0/s1. The molecule has 0 saturated carbocycles. The highest BCUT2D eigenvalue weighted by atomic mass is 32.1. The Balaban J connectivity index is 1.44. The van der Waals surface area contributed by atoms with Crippen LogP contribution in [-0.4, -0.2) is 56.2 Å². The fraction of sp³-hybridized carbons (Fsp3) is 0.688. The molecule has 3 aliphatic heterocycles. The first-order chi connectivity index (χ1) is 10.8. The molecule has 1 amide bonds. The molecule has 5 nitrogen and oxygen atoms in total. The third-order valence-electron chi connectivity index (χ3n) is 5.13. The van der Waals surface area contributed by atoms with Crippen LogP contribution in [0, 0.1) is 0 Å². The van der Waals surface area contributed by atoms with Crippen LogP contribution in [0.3, 0.4) is 0 Å². The number of fused-ring (bicyclic) bond motifs is 2. The maximum absolute atomic E-state index is 12.6. The van der Waals surface area contributed by atoms with Crippen LogP contribution in [0.1, 0.15) is 23.3 Å². The first-order valence-corrected chi connectivity index (χ1v) is 9.10. The quantitative estimate of drug-likeness (QED) is 0.799. The van der Waals surface area contributed by atoms with Crippen LogP contribution >= 0.6 is 11.3 Å². The lowest BCUT2D eigenvalue weighted by molar-refractivity contribution is -0.142. The number of likely N-dealkylation sites (tertiary alicyclic amines) is 1. The van der Waals surface area contributed by atoms with E-state index in [-0.39, 0.29) is 17.6 Å². The largest absolute Gasteiger partial charge is 0.369 e. The summed E-state index contributed by atoms with van der Waals surface area (Å²) in [6.45, 7) is 4.97. The molecule has 22 heavy (non-hydrogen) atoms. The van der Waals surface area contributed by atoms with Crippen molar-refractivity contribution in [3.63, 3.8) is 0 Å². The summed E-state index contributed by atoms with van der Waals surface area (Å²) in [5.41, 5.74) is 1.32. The van der Waals surface area contributed by atoms with E-state index in [4.69, 9.17) is 4.74 Å². The second-order valence-electron chi connectivity index (χ2n) is 6.40. The average molecular weight is 321 g/mol. The lowest BCUT2D eigenvalue weighted by Gasteiger charge is -2.44. The molecule has 0 aromatic carbocycles. The maximum Gasteiger partial charge on any atom is 0.241 e. The van der Waals surface area contributed by atoms with Crippen molar-refractivity contribution in [3.8, 4) is 0 Å². The Bertz CT molecular complexity index is 545. The number of hydrogen-bond acceptors (Lipinski definition) is 5. The Morgan fingerprint density at radius 1 is 1.36 bits per heavy atom. The number of carbonyl (C=O) groups is 1. The highest BCUT2D eigenvalue weighted by molar-refractivity contribution is 7.10. The number of amides is 1. The molecule has 2 N–H and O–H groups in total. The number of rotatable bonds is 1. The van der Waals surface area contributed by atoms with Crippen molar-refractivity contribution in [1.29, 1.82) is 0 Å². The van der Waals surface area contributed by atoms with Gasteiger partial charge in [-0.15, -0.1) is 11.3 Å². The second-order valence-corrected chi connectivity index (χ2v) is 7.32. The van der Waals surface area contributed by atoms with E-state index >= 15 is 0 Å². The van der Waals surface area contributed by atoms with Gasteiger partial charge in [0.25, 0.3) is 0 Å². The summed E-state index contributed by atoms with van der Waals surface area (Å²) >= 11 is 1.82. The van der Waals surface area contributed by atoms with E-state index in [1.807, 2.05) is 16.2 Å². The Labute approximate surface area is 135 Å². The molecule has 120 valence electrons. The Morgan fingerprint density at radius 2 is 2.23 bits per heavy atom. The highest BCUT2D eigenvalue weighted by Crippen LogP contribution is 2.44. The van der Waals surface area contributed by atoms with Gasteiger partial charge in [0.1, 0.15) is 5.60 Å². The molecule has 0 bridgehead atoms. The minimum Gasteiger partial charge on any atom is -0.369 e. The molecule has 4 rings (SSSR count). The van der Waals surface area contributed by atoms with Gasteiger partial charge in [0.05, 0.1) is 12.6 Å². The van der Waals surface area contributed by atoms with Gasteiger partial charge in [0.2, 0.25) is 5.91 Å². The van der Waals surface area contributed by atoms with Crippen molar-refractivity contribution < 1.29 is 9.53 Å².